The summed E-state index contributed by atoms with van der Waals surface area (Å²) in [5.74, 6) is -0.711. The van der Waals surface area contributed by atoms with Crippen LogP contribution in [0.3, 0.4) is 0 Å². The molecular weight excluding hydrogens is 552 g/mol. The highest BCUT2D eigenvalue weighted by Crippen LogP contribution is 2.35. The van der Waals surface area contributed by atoms with Gasteiger partial charge in [-0.15, -0.1) is 0 Å². The molecule has 0 aliphatic carbocycles. The SMILES string of the molecule is CCCC(=O)O.CN(C1CN(C(c2ccccc2)c2ccccc2)C1)S(=O)(=O)c1ccc2[nH]c(=O)c3[nH]ccc3c2c1. The number of nitrogens with zero attached hydrogens (tertiary/aromatic N) is 2. The molecule has 5 aromatic rings. The van der Waals surface area contributed by atoms with E-state index in [1.807, 2.05) is 43.3 Å². The number of fused-ring (bicyclic) bond motifs is 3. The van der Waals surface area contributed by atoms with Crippen LogP contribution in [0.4, 0.5) is 0 Å². The van der Waals surface area contributed by atoms with Gasteiger partial charge in [-0.3, -0.25) is 14.5 Å². The zero-order valence-corrected chi connectivity index (χ0v) is 24.3. The lowest BCUT2D eigenvalue weighted by atomic mass is 9.93. The number of likely N-dealkylation sites (tertiary alicyclic amines) is 1. The molecule has 0 unspecified atom stereocenters. The number of carboxylic acids is 1. The number of hydrogen-bond donors (Lipinski definition) is 3. The van der Waals surface area contributed by atoms with E-state index >= 15 is 0 Å². The molecule has 10 heteroatoms. The number of benzene rings is 3. The molecule has 3 heterocycles. The summed E-state index contributed by atoms with van der Waals surface area (Å²) in [5.41, 5.74) is 3.19. The number of aromatic nitrogens is 2. The van der Waals surface area contributed by atoms with Crippen LogP contribution >= 0.6 is 0 Å². The molecule has 0 spiro atoms. The summed E-state index contributed by atoms with van der Waals surface area (Å²) in [7, 11) is -2.07. The topological polar surface area (TPSA) is 127 Å². The average molecular weight is 587 g/mol. The van der Waals surface area contributed by atoms with Crippen LogP contribution in [0, 0.1) is 0 Å². The van der Waals surface area contributed by atoms with Gasteiger partial charge in [-0.05, 0) is 41.8 Å². The molecule has 9 nitrogen and oxygen atoms in total. The second-order valence-corrected chi connectivity index (χ2v) is 12.4. The van der Waals surface area contributed by atoms with Crippen LogP contribution in [0.5, 0.6) is 0 Å². The summed E-state index contributed by atoms with van der Waals surface area (Å²) < 4.78 is 28.7. The van der Waals surface area contributed by atoms with Crippen molar-refractivity contribution in [1.82, 2.24) is 19.2 Å². The normalized spacial score (nSPS) is 14.2. The minimum Gasteiger partial charge on any atom is -0.481 e. The second kappa shape index (κ2) is 12.3. The first-order chi connectivity index (χ1) is 20.2. The van der Waals surface area contributed by atoms with Gasteiger partial charge in [0.15, 0.2) is 0 Å². The Kier molecular flexibility index (Phi) is 8.58. The molecule has 6 rings (SSSR count). The van der Waals surface area contributed by atoms with Gasteiger partial charge in [-0.2, -0.15) is 4.31 Å². The largest absolute Gasteiger partial charge is 0.481 e. The number of nitrogens with one attached hydrogen (secondary N) is 2. The summed E-state index contributed by atoms with van der Waals surface area (Å²) in [4.78, 5) is 30.1. The molecule has 1 fully saturated rings. The molecule has 0 atom stereocenters. The van der Waals surface area contributed by atoms with Gasteiger partial charge in [0.25, 0.3) is 5.56 Å². The van der Waals surface area contributed by atoms with E-state index in [1.54, 1.807) is 37.5 Å². The number of sulfonamides is 1. The molecule has 218 valence electrons. The number of pyridine rings is 1. The molecule has 0 amide bonds. The maximum absolute atomic E-state index is 13.6. The van der Waals surface area contributed by atoms with Gasteiger partial charge in [0.1, 0.15) is 5.52 Å². The zero-order chi connectivity index (χ0) is 29.9. The number of carbonyl (C=O) groups is 1. The van der Waals surface area contributed by atoms with Crippen molar-refractivity contribution in [3.63, 3.8) is 0 Å². The van der Waals surface area contributed by atoms with Gasteiger partial charge < -0.3 is 15.1 Å². The first-order valence-corrected chi connectivity index (χ1v) is 15.3. The van der Waals surface area contributed by atoms with Gasteiger partial charge in [-0.1, -0.05) is 67.6 Å². The van der Waals surface area contributed by atoms with E-state index in [0.29, 0.717) is 41.3 Å². The minimum atomic E-state index is -3.73. The van der Waals surface area contributed by atoms with Gasteiger partial charge in [0, 0.05) is 49.0 Å². The van der Waals surface area contributed by atoms with E-state index in [4.69, 9.17) is 5.11 Å². The summed E-state index contributed by atoms with van der Waals surface area (Å²) in [6, 6.07) is 27.2. The van der Waals surface area contributed by atoms with Crippen LogP contribution in [0.25, 0.3) is 21.8 Å². The smallest absolute Gasteiger partial charge is 0.303 e. The van der Waals surface area contributed by atoms with Crippen LogP contribution in [0.1, 0.15) is 36.9 Å². The predicted octanol–water partition coefficient (Wildman–Crippen LogP) is 4.97. The van der Waals surface area contributed by atoms with Crippen molar-refractivity contribution in [2.75, 3.05) is 20.1 Å². The molecule has 1 aliphatic rings. The summed E-state index contributed by atoms with van der Waals surface area (Å²) in [6.07, 6.45) is 2.71. The number of carboxylic acid groups (broad SMARTS) is 1. The Morgan fingerprint density at radius 2 is 1.60 bits per heavy atom. The predicted molar refractivity (Wildman–Crippen MR) is 164 cm³/mol. The summed E-state index contributed by atoms with van der Waals surface area (Å²) >= 11 is 0. The highest BCUT2D eigenvalue weighted by atomic mass is 32.2. The van der Waals surface area contributed by atoms with E-state index in [-0.39, 0.29) is 22.5 Å². The molecule has 1 saturated heterocycles. The van der Waals surface area contributed by atoms with Crippen LogP contribution in [0.2, 0.25) is 0 Å². The van der Waals surface area contributed by atoms with E-state index in [1.165, 1.54) is 15.4 Å². The Bertz CT molecular complexity index is 1810. The van der Waals surface area contributed by atoms with Crippen molar-refractivity contribution in [1.29, 1.82) is 0 Å². The second-order valence-electron chi connectivity index (χ2n) is 10.4. The number of rotatable bonds is 8. The summed E-state index contributed by atoms with van der Waals surface area (Å²) in [6.45, 7) is 3.11. The Morgan fingerprint density at radius 1 is 0.976 bits per heavy atom. The number of likely N-dealkylation sites (N-methyl/N-ethyl adjacent to an activating group) is 1. The van der Waals surface area contributed by atoms with Gasteiger partial charge in [-0.25, -0.2) is 8.42 Å². The Balaban J connectivity index is 0.000000535. The van der Waals surface area contributed by atoms with Crippen molar-refractivity contribution < 1.29 is 18.3 Å². The Labute approximate surface area is 244 Å². The van der Waals surface area contributed by atoms with Crippen LogP contribution in [0.15, 0.2) is 101 Å². The lowest BCUT2D eigenvalue weighted by Gasteiger charge is -2.47. The molecule has 0 radical (unpaired) electrons. The molecule has 42 heavy (non-hydrogen) atoms. The third-order valence-corrected chi connectivity index (χ3v) is 9.55. The fraction of sp³-hybridized carbons (Fsp3) is 0.250. The van der Waals surface area contributed by atoms with Crippen molar-refractivity contribution in [2.45, 2.75) is 36.7 Å². The minimum absolute atomic E-state index is 0.0686. The zero-order valence-electron chi connectivity index (χ0n) is 23.5. The van der Waals surface area contributed by atoms with E-state index < -0.39 is 16.0 Å². The average Bonchev–Trinajstić information content (AvgIpc) is 3.47. The number of H-pyrrole nitrogens is 2. The fourth-order valence-electron chi connectivity index (χ4n) is 5.37. The molecule has 3 N–H and O–H groups in total. The summed E-state index contributed by atoms with van der Waals surface area (Å²) in [5, 5.41) is 9.32. The first-order valence-electron chi connectivity index (χ1n) is 13.9. The molecule has 3 aromatic carbocycles. The van der Waals surface area contributed by atoms with Gasteiger partial charge in [0.05, 0.1) is 17.0 Å². The molecule has 1 aliphatic heterocycles. The van der Waals surface area contributed by atoms with Crippen molar-refractivity contribution in [3.05, 3.63) is 113 Å². The third-order valence-electron chi connectivity index (χ3n) is 7.64. The van der Waals surface area contributed by atoms with Crippen LogP contribution in [-0.4, -0.2) is 64.8 Å². The monoisotopic (exact) mass is 586 g/mol. The maximum atomic E-state index is 13.6. The quantitative estimate of drug-likeness (QED) is 0.236. The Morgan fingerprint density at radius 3 is 2.14 bits per heavy atom. The molecule has 0 saturated carbocycles. The van der Waals surface area contributed by atoms with E-state index in [0.717, 1.165) is 6.42 Å². The number of hydrogen-bond acceptors (Lipinski definition) is 5. The first kappa shape index (κ1) is 29.2. The van der Waals surface area contributed by atoms with Crippen molar-refractivity contribution in [2.24, 2.45) is 0 Å². The highest BCUT2D eigenvalue weighted by Gasteiger charge is 2.40. The number of aliphatic carboxylic acids is 1. The fourth-order valence-corrected chi connectivity index (χ4v) is 6.74. The van der Waals surface area contributed by atoms with Crippen LogP contribution < -0.4 is 5.56 Å². The van der Waals surface area contributed by atoms with E-state index in [9.17, 15) is 18.0 Å². The lowest BCUT2D eigenvalue weighted by Crippen LogP contribution is -2.60. The van der Waals surface area contributed by atoms with Crippen molar-refractivity contribution in [3.8, 4) is 0 Å². The maximum Gasteiger partial charge on any atom is 0.303 e. The number of aromatic amines is 2. The third kappa shape index (κ3) is 5.87. The highest BCUT2D eigenvalue weighted by molar-refractivity contribution is 7.89. The molecular formula is C32H34N4O5S. The van der Waals surface area contributed by atoms with Crippen LogP contribution in [-0.2, 0) is 14.8 Å². The van der Waals surface area contributed by atoms with Crippen molar-refractivity contribution >= 4 is 37.8 Å². The lowest BCUT2D eigenvalue weighted by molar-refractivity contribution is -0.137. The van der Waals surface area contributed by atoms with Gasteiger partial charge >= 0.3 is 5.97 Å². The molecule has 2 aromatic heterocycles. The van der Waals surface area contributed by atoms with E-state index in [2.05, 4.69) is 39.1 Å². The molecule has 0 bridgehead atoms. The Hall–Kier alpha value is -4.25. The standard InChI is InChI=1S/C28H26N4O3S.C4H8O2/c1-31(21-17-32(18-21)27(19-8-4-2-5-9-19)20-10-6-3-7-11-20)36(34,35)22-12-13-25-24(16-22)23-14-15-29-26(23)28(33)30-25;1-2-3-4(5)6/h2-16,21,27,29H,17-18H2,1H3,(H,30,33);2-3H2,1H3,(H,5,6). The van der Waals surface area contributed by atoms with Gasteiger partial charge in [0.2, 0.25) is 10.0 Å².